The van der Waals surface area contributed by atoms with Gasteiger partial charge in [0.15, 0.2) is 0 Å². The average molecular weight is 430 g/mol. The van der Waals surface area contributed by atoms with Gasteiger partial charge in [0.1, 0.15) is 17.4 Å². The van der Waals surface area contributed by atoms with Crippen molar-refractivity contribution in [3.63, 3.8) is 0 Å². The number of hydrogen-bond acceptors (Lipinski definition) is 3. The first-order chi connectivity index (χ1) is 7.00. The van der Waals surface area contributed by atoms with E-state index in [0.717, 1.165) is 9.13 Å². The predicted molar refractivity (Wildman–Crippen MR) is 72.1 cm³/mol. The SMILES string of the molecule is CC1Cc2c(I)cc(I)c(O)c2C(=O)O1. The normalized spacial score (nSPS) is 19.7. The van der Waals surface area contributed by atoms with Gasteiger partial charge in [-0.2, -0.15) is 0 Å². The number of cyclic esters (lactones) is 1. The third-order valence-corrected chi connectivity index (χ3v) is 4.10. The third-order valence-electron chi connectivity index (χ3n) is 2.31. The van der Waals surface area contributed by atoms with E-state index in [4.69, 9.17) is 4.74 Å². The van der Waals surface area contributed by atoms with E-state index < -0.39 is 5.97 Å². The Labute approximate surface area is 114 Å². The van der Waals surface area contributed by atoms with Crippen LogP contribution in [0.3, 0.4) is 0 Å². The van der Waals surface area contributed by atoms with Crippen LogP contribution in [0.4, 0.5) is 0 Å². The average Bonchev–Trinajstić information content (AvgIpc) is 2.13. The summed E-state index contributed by atoms with van der Waals surface area (Å²) in [4.78, 5) is 11.6. The Kier molecular flexibility index (Phi) is 3.11. The largest absolute Gasteiger partial charge is 0.506 e. The highest BCUT2D eigenvalue weighted by Gasteiger charge is 2.29. The molecular formula is C10H8I2O3. The molecule has 2 rings (SSSR count). The molecule has 0 aromatic heterocycles. The highest BCUT2D eigenvalue weighted by Crippen LogP contribution is 2.35. The van der Waals surface area contributed by atoms with E-state index in [0.29, 0.717) is 15.6 Å². The Hall–Kier alpha value is -0.0500. The molecule has 1 heterocycles. The van der Waals surface area contributed by atoms with Gasteiger partial charge < -0.3 is 9.84 Å². The van der Waals surface area contributed by atoms with Crippen LogP contribution >= 0.6 is 45.2 Å². The van der Waals surface area contributed by atoms with Gasteiger partial charge in [-0.1, -0.05) is 0 Å². The monoisotopic (exact) mass is 430 g/mol. The predicted octanol–water partition coefficient (Wildman–Crippen LogP) is 2.70. The highest BCUT2D eigenvalue weighted by atomic mass is 127. The lowest BCUT2D eigenvalue weighted by Gasteiger charge is -2.23. The maximum Gasteiger partial charge on any atom is 0.342 e. The van der Waals surface area contributed by atoms with Crippen LogP contribution in [0.15, 0.2) is 6.07 Å². The molecule has 0 saturated carbocycles. The molecule has 1 aliphatic heterocycles. The van der Waals surface area contributed by atoms with Crippen LogP contribution in [0.25, 0.3) is 0 Å². The number of aromatic hydroxyl groups is 1. The van der Waals surface area contributed by atoms with Crippen molar-refractivity contribution in [1.29, 1.82) is 0 Å². The molecule has 5 heteroatoms. The summed E-state index contributed by atoms with van der Waals surface area (Å²) in [6.07, 6.45) is 0.557. The lowest BCUT2D eigenvalue weighted by Crippen LogP contribution is -2.26. The lowest BCUT2D eigenvalue weighted by molar-refractivity contribution is 0.0296. The zero-order valence-electron chi connectivity index (χ0n) is 7.88. The minimum atomic E-state index is -0.419. The Balaban J connectivity index is 2.69. The van der Waals surface area contributed by atoms with Crippen LogP contribution in [0.1, 0.15) is 22.8 Å². The first-order valence-corrected chi connectivity index (χ1v) is 6.57. The van der Waals surface area contributed by atoms with E-state index in [-0.39, 0.29) is 11.9 Å². The topological polar surface area (TPSA) is 46.5 Å². The number of halogens is 2. The Morgan fingerprint density at radius 3 is 2.80 bits per heavy atom. The molecule has 15 heavy (non-hydrogen) atoms. The molecule has 0 radical (unpaired) electrons. The van der Waals surface area contributed by atoms with E-state index in [1.807, 2.05) is 35.6 Å². The number of carbonyl (C=O) groups is 1. The third kappa shape index (κ3) is 1.95. The Bertz CT molecular complexity index is 443. The van der Waals surface area contributed by atoms with Crippen LogP contribution in [-0.2, 0) is 11.2 Å². The van der Waals surface area contributed by atoms with Gasteiger partial charge in [0, 0.05) is 9.99 Å². The second-order valence-corrected chi connectivity index (χ2v) is 5.79. The van der Waals surface area contributed by atoms with Crippen molar-refractivity contribution in [3.8, 4) is 5.75 Å². The molecular weight excluding hydrogens is 422 g/mol. The maximum absolute atomic E-state index is 11.6. The fourth-order valence-corrected chi connectivity index (χ4v) is 3.62. The lowest BCUT2D eigenvalue weighted by atomic mass is 9.98. The minimum absolute atomic E-state index is 0.0444. The maximum atomic E-state index is 11.6. The van der Waals surface area contributed by atoms with Gasteiger partial charge in [-0.3, -0.25) is 0 Å². The van der Waals surface area contributed by atoms with Crippen molar-refractivity contribution < 1.29 is 14.6 Å². The Morgan fingerprint density at radius 2 is 2.13 bits per heavy atom. The molecule has 80 valence electrons. The van der Waals surface area contributed by atoms with Crippen molar-refractivity contribution in [2.45, 2.75) is 19.4 Å². The first-order valence-electron chi connectivity index (χ1n) is 4.41. The van der Waals surface area contributed by atoms with Gasteiger partial charge in [0.05, 0.1) is 3.57 Å². The molecule has 1 aliphatic rings. The number of rotatable bonds is 0. The second kappa shape index (κ2) is 4.08. The van der Waals surface area contributed by atoms with Crippen LogP contribution in [0.2, 0.25) is 0 Å². The number of hydrogen-bond donors (Lipinski definition) is 1. The Morgan fingerprint density at radius 1 is 1.47 bits per heavy atom. The van der Waals surface area contributed by atoms with Gasteiger partial charge in [0.2, 0.25) is 0 Å². The summed E-state index contributed by atoms with van der Waals surface area (Å²) >= 11 is 4.19. The number of esters is 1. The molecule has 0 fully saturated rings. The van der Waals surface area contributed by atoms with Crippen molar-refractivity contribution in [2.75, 3.05) is 0 Å². The molecule has 0 bridgehead atoms. The first kappa shape index (κ1) is 11.4. The summed E-state index contributed by atoms with van der Waals surface area (Å²) in [5, 5.41) is 9.81. The van der Waals surface area contributed by atoms with Gasteiger partial charge >= 0.3 is 5.97 Å². The van der Waals surface area contributed by atoms with E-state index >= 15 is 0 Å². The van der Waals surface area contributed by atoms with E-state index in [1.54, 1.807) is 0 Å². The standard InChI is InChI=1S/C10H8I2O3/c1-4-2-5-6(11)3-7(12)9(13)8(5)10(14)15-4/h3-4,13H,2H2,1H3. The number of phenols is 1. The summed E-state index contributed by atoms with van der Waals surface area (Å²) in [6.45, 7) is 1.85. The molecule has 3 nitrogen and oxygen atoms in total. The van der Waals surface area contributed by atoms with E-state index in [2.05, 4.69) is 22.6 Å². The van der Waals surface area contributed by atoms with Gasteiger partial charge in [-0.15, -0.1) is 0 Å². The minimum Gasteiger partial charge on any atom is -0.506 e. The molecule has 1 aromatic carbocycles. The summed E-state index contributed by atoms with van der Waals surface area (Å²) in [6, 6.07) is 1.88. The molecule has 0 saturated heterocycles. The number of ether oxygens (including phenoxy) is 1. The van der Waals surface area contributed by atoms with Crippen LogP contribution in [0.5, 0.6) is 5.75 Å². The molecule has 1 N–H and O–H groups in total. The molecule has 1 aromatic rings. The molecule has 0 spiro atoms. The zero-order valence-corrected chi connectivity index (χ0v) is 12.2. The molecule has 0 aliphatic carbocycles. The van der Waals surface area contributed by atoms with E-state index in [9.17, 15) is 9.90 Å². The van der Waals surface area contributed by atoms with Crippen LogP contribution in [0, 0.1) is 7.14 Å². The number of fused-ring (bicyclic) bond motifs is 1. The number of phenolic OH excluding ortho intramolecular Hbond substituents is 1. The van der Waals surface area contributed by atoms with Crippen molar-refractivity contribution in [3.05, 3.63) is 24.3 Å². The van der Waals surface area contributed by atoms with Crippen LogP contribution < -0.4 is 0 Å². The van der Waals surface area contributed by atoms with Gasteiger partial charge in [-0.05, 0) is 63.7 Å². The van der Waals surface area contributed by atoms with E-state index in [1.165, 1.54) is 0 Å². The van der Waals surface area contributed by atoms with Gasteiger partial charge in [0.25, 0.3) is 0 Å². The fraction of sp³-hybridized carbons (Fsp3) is 0.300. The van der Waals surface area contributed by atoms with Crippen molar-refractivity contribution >= 4 is 51.2 Å². The highest BCUT2D eigenvalue weighted by molar-refractivity contribution is 14.1. The van der Waals surface area contributed by atoms with Crippen molar-refractivity contribution in [2.24, 2.45) is 0 Å². The van der Waals surface area contributed by atoms with Crippen LogP contribution in [-0.4, -0.2) is 17.2 Å². The second-order valence-electron chi connectivity index (χ2n) is 3.46. The number of carbonyl (C=O) groups excluding carboxylic acids is 1. The zero-order chi connectivity index (χ0) is 11.2. The summed E-state index contributed by atoms with van der Waals surface area (Å²) in [5.74, 6) is -0.374. The molecule has 0 amide bonds. The van der Waals surface area contributed by atoms with Gasteiger partial charge in [-0.25, -0.2) is 4.79 Å². The van der Waals surface area contributed by atoms with Crippen molar-refractivity contribution in [1.82, 2.24) is 0 Å². The fourth-order valence-electron chi connectivity index (χ4n) is 1.64. The summed E-state index contributed by atoms with van der Waals surface area (Å²) in [5.41, 5.74) is 1.24. The summed E-state index contributed by atoms with van der Waals surface area (Å²) < 4.78 is 6.79. The quantitative estimate of drug-likeness (QED) is 0.509. The number of benzene rings is 1. The summed E-state index contributed by atoms with van der Waals surface area (Å²) in [7, 11) is 0. The molecule has 1 unspecified atom stereocenters. The molecule has 1 atom stereocenters. The smallest absolute Gasteiger partial charge is 0.342 e.